The van der Waals surface area contributed by atoms with Gasteiger partial charge in [0.2, 0.25) is 0 Å². The number of halogens is 2. The van der Waals surface area contributed by atoms with Crippen LogP contribution < -0.4 is 24.0 Å². The zero-order valence-electron chi connectivity index (χ0n) is 14.1. The Kier molecular flexibility index (Phi) is 19.4. The molecule has 0 radical (unpaired) electrons. The first-order valence-electron chi connectivity index (χ1n) is 8.50. The summed E-state index contributed by atoms with van der Waals surface area (Å²) in [5, 5.41) is 0. The van der Waals surface area contributed by atoms with Crippen molar-refractivity contribution in [2.75, 3.05) is 26.1 Å². The molecule has 0 saturated carbocycles. The maximum Gasteiger partial charge on any atom is 0.133 e. The van der Waals surface area contributed by atoms with Crippen LogP contribution in [0.5, 0.6) is 0 Å². The molecule has 0 aromatic heterocycles. The Morgan fingerprint density at radius 3 is 1.35 bits per heavy atom. The molecule has 0 aromatic carbocycles. The average Bonchev–Trinajstić information content (AvgIpc) is 2.40. The summed E-state index contributed by atoms with van der Waals surface area (Å²) in [7, 11) is 4.60. The summed E-state index contributed by atoms with van der Waals surface area (Å²) in [4.78, 5) is 0. The predicted octanol–water partition coefficient (Wildman–Crippen LogP) is 3.12. The van der Waals surface area contributed by atoms with Gasteiger partial charge in [0.15, 0.2) is 0 Å². The highest BCUT2D eigenvalue weighted by atomic mass is 127. The summed E-state index contributed by atoms with van der Waals surface area (Å²) in [6.07, 6.45) is 17.3. The molecule has 0 aliphatic heterocycles. The Balaban J connectivity index is 0. The van der Waals surface area contributed by atoms with E-state index < -0.39 is 0 Å². The fraction of sp³-hybridized carbons (Fsp3) is 1.00. The molecule has 0 atom stereocenters. The molecule has 0 aliphatic carbocycles. The molecule has 0 fully saturated rings. The maximum absolute atomic E-state index is 3.58. The smallest absolute Gasteiger partial charge is 0.133 e. The van der Waals surface area contributed by atoms with Crippen molar-refractivity contribution in [3.63, 3.8) is 0 Å². The van der Waals surface area contributed by atoms with Gasteiger partial charge in [-0.1, -0.05) is 71.1 Å². The van der Waals surface area contributed by atoms with Gasteiger partial charge in [0, 0.05) is 0 Å². The Hall–Kier alpha value is 1.17. The molecule has 1 nitrogen and oxygen atoms in total. The van der Waals surface area contributed by atoms with Crippen molar-refractivity contribution < 1.29 is 28.5 Å². The van der Waals surface area contributed by atoms with Crippen LogP contribution in [0.1, 0.15) is 84.0 Å². The molecular weight excluding hydrogens is 425 g/mol. The second-order valence-electron chi connectivity index (χ2n) is 6.67. The Labute approximate surface area is 154 Å². The Morgan fingerprint density at radius 1 is 0.650 bits per heavy atom. The largest absolute Gasteiger partial charge is 1.00 e. The highest BCUT2D eigenvalue weighted by Crippen LogP contribution is 2.12. The lowest BCUT2D eigenvalue weighted by Gasteiger charge is -2.26. The zero-order chi connectivity index (χ0) is 14.4. The molecule has 0 N–H and O–H groups in total. The van der Waals surface area contributed by atoms with Crippen molar-refractivity contribution in [1.82, 2.24) is 0 Å². The highest BCUT2D eigenvalue weighted by molar-refractivity contribution is 9.09. The minimum Gasteiger partial charge on any atom is -1.00 e. The molecule has 0 bridgehead atoms. The number of quaternary nitrogens is 1. The van der Waals surface area contributed by atoms with Gasteiger partial charge in [-0.05, 0) is 28.8 Å². The third kappa shape index (κ3) is 17.2. The van der Waals surface area contributed by atoms with E-state index in [2.05, 4.69) is 36.9 Å². The van der Waals surface area contributed by atoms with Crippen molar-refractivity contribution in [2.45, 2.75) is 84.0 Å². The number of rotatable bonds is 14. The summed E-state index contributed by atoms with van der Waals surface area (Å²) in [6.45, 7) is 3.60. The van der Waals surface area contributed by atoms with Crippen LogP contribution in [0.25, 0.3) is 0 Å². The molecule has 20 heavy (non-hydrogen) atoms. The summed E-state index contributed by atoms with van der Waals surface area (Å²) >= 11 is 3.58. The summed E-state index contributed by atoms with van der Waals surface area (Å²) in [5.74, 6) is 0. The molecule has 0 aliphatic rings. The molecule has 0 spiro atoms. The topological polar surface area (TPSA) is 0 Å². The van der Waals surface area contributed by atoms with Gasteiger partial charge >= 0.3 is 0 Å². The maximum atomic E-state index is 3.58. The van der Waals surface area contributed by atoms with E-state index in [1.165, 1.54) is 83.6 Å². The van der Waals surface area contributed by atoms with E-state index in [0.717, 1.165) is 9.94 Å². The molecule has 0 saturated heterocycles. The SMILES string of the molecule is CCCCCCCCCCCCCC[N+](C)(C)CBr.[I-]. The number of hydrogen-bond acceptors (Lipinski definition) is 0. The summed E-state index contributed by atoms with van der Waals surface area (Å²) < 4.78 is 1.11. The van der Waals surface area contributed by atoms with Gasteiger partial charge in [0.05, 0.1) is 20.6 Å². The van der Waals surface area contributed by atoms with Gasteiger partial charge in [-0.2, -0.15) is 0 Å². The van der Waals surface area contributed by atoms with E-state index in [-0.39, 0.29) is 24.0 Å². The van der Waals surface area contributed by atoms with Crippen LogP contribution in [0.2, 0.25) is 0 Å². The first-order valence-corrected chi connectivity index (χ1v) is 9.62. The van der Waals surface area contributed by atoms with Gasteiger partial charge < -0.3 is 28.5 Å². The molecular formula is C17H37BrIN. The van der Waals surface area contributed by atoms with Crippen LogP contribution >= 0.6 is 15.9 Å². The number of unbranched alkanes of at least 4 members (excludes halogenated alkanes) is 11. The van der Waals surface area contributed by atoms with Crippen LogP contribution in [-0.4, -0.2) is 30.6 Å². The second kappa shape index (κ2) is 16.5. The van der Waals surface area contributed by atoms with E-state index in [1.54, 1.807) is 0 Å². The van der Waals surface area contributed by atoms with Gasteiger partial charge in [0.1, 0.15) is 5.45 Å². The van der Waals surface area contributed by atoms with E-state index in [9.17, 15) is 0 Å². The van der Waals surface area contributed by atoms with Gasteiger partial charge in [-0.15, -0.1) is 0 Å². The summed E-state index contributed by atoms with van der Waals surface area (Å²) in [6, 6.07) is 0. The Morgan fingerprint density at radius 2 is 1.00 bits per heavy atom. The lowest BCUT2D eigenvalue weighted by Crippen LogP contribution is -3.00. The molecule has 0 heterocycles. The number of nitrogens with zero attached hydrogens (tertiary/aromatic N) is 1. The molecule has 0 amide bonds. The summed E-state index contributed by atoms with van der Waals surface area (Å²) in [5.41, 5.74) is 1.07. The first-order chi connectivity index (χ1) is 9.12. The normalized spacial score (nSPS) is 11.4. The fourth-order valence-corrected chi connectivity index (χ4v) is 2.69. The van der Waals surface area contributed by atoms with Gasteiger partial charge in [-0.25, -0.2) is 0 Å². The Bertz CT molecular complexity index is 186. The third-order valence-corrected chi connectivity index (χ3v) is 5.30. The highest BCUT2D eigenvalue weighted by Gasteiger charge is 2.10. The van der Waals surface area contributed by atoms with Crippen LogP contribution in [-0.2, 0) is 0 Å². The van der Waals surface area contributed by atoms with Crippen molar-refractivity contribution in [3.8, 4) is 0 Å². The van der Waals surface area contributed by atoms with E-state index in [1.807, 2.05) is 0 Å². The monoisotopic (exact) mass is 461 g/mol. The predicted molar refractivity (Wildman–Crippen MR) is 91.8 cm³/mol. The second-order valence-corrected chi connectivity index (χ2v) is 7.17. The van der Waals surface area contributed by atoms with Crippen LogP contribution in [0.4, 0.5) is 0 Å². The molecule has 124 valence electrons. The van der Waals surface area contributed by atoms with Gasteiger partial charge in [-0.3, -0.25) is 0 Å². The van der Waals surface area contributed by atoms with Crippen LogP contribution in [0.3, 0.4) is 0 Å². The average molecular weight is 462 g/mol. The molecule has 0 aromatic rings. The first kappa shape index (κ1) is 23.4. The molecule has 0 unspecified atom stereocenters. The van der Waals surface area contributed by atoms with Crippen molar-refractivity contribution in [2.24, 2.45) is 0 Å². The zero-order valence-corrected chi connectivity index (χ0v) is 17.8. The quantitative estimate of drug-likeness (QED) is 0.122. The van der Waals surface area contributed by atoms with Crippen LogP contribution in [0, 0.1) is 0 Å². The van der Waals surface area contributed by atoms with E-state index in [0.29, 0.717) is 0 Å². The van der Waals surface area contributed by atoms with Gasteiger partial charge in [0.25, 0.3) is 0 Å². The van der Waals surface area contributed by atoms with Crippen molar-refractivity contribution in [3.05, 3.63) is 0 Å². The lowest BCUT2D eigenvalue weighted by atomic mass is 10.1. The van der Waals surface area contributed by atoms with Crippen molar-refractivity contribution in [1.29, 1.82) is 0 Å². The number of alkyl halides is 1. The minimum absolute atomic E-state index is 0. The lowest BCUT2D eigenvalue weighted by molar-refractivity contribution is -0.876. The standard InChI is InChI=1S/C17H37BrN.HI/c1-4-5-6-7-8-9-10-11-12-13-14-15-16-19(2,3)17-18;/h4-17H2,1-3H3;1H/q+1;/p-1. The molecule has 0 rings (SSSR count). The minimum atomic E-state index is 0. The number of hydrogen-bond donors (Lipinski definition) is 0. The third-order valence-electron chi connectivity index (χ3n) is 3.94. The van der Waals surface area contributed by atoms with Crippen molar-refractivity contribution >= 4 is 15.9 Å². The fourth-order valence-electron chi connectivity index (χ4n) is 2.44. The van der Waals surface area contributed by atoms with E-state index >= 15 is 0 Å². The van der Waals surface area contributed by atoms with Crippen LogP contribution in [0.15, 0.2) is 0 Å². The van der Waals surface area contributed by atoms with E-state index in [4.69, 9.17) is 0 Å². The molecule has 3 heteroatoms.